The molecule has 0 aliphatic carbocycles. The minimum absolute atomic E-state index is 0.0662. The second-order valence-electron chi connectivity index (χ2n) is 23.6. The van der Waals surface area contributed by atoms with E-state index in [-0.39, 0.29) is 67.1 Å². The van der Waals surface area contributed by atoms with Crippen molar-refractivity contribution in [2.45, 2.75) is 71.6 Å². The number of amidine groups is 2. The van der Waals surface area contributed by atoms with Crippen LogP contribution in [0.25, 0.3) is 0 Å². The van der Waals surface area contributed by atoms with Gasteiger partial charge in [-0.05, 0) is 60.6 Å². The van der Waals surface area contributed by atoms with Gasteiger partial charge in [0, 0.05) is 124 Å². The first kappa shape index (κ1) is 64.2. The maximum atomic E-state index is 14.6. The number of carboxylic acids is 2. The topological polar surface area (TPSA) is 255 Å². The molecule has 4 aromatic rings. The van der Waals surface area contributed by atoms with E-state index in [4.69, 9.17) is 32.7 Å². The monoisotopic (exact) mass is 1290 g/mol. The van der Waals surface area contributed by atoms with Gasteiger partial charge in [0.25, 0.3) is 0 Å². The first-order chi connectivity index (χ1) is 41.0. The summed E-state index contributed by atoms with van der Waals surface area (Å²) in [5.74, 6) is -7.49. The number of amides is 4. The lowest BCUT2D eigenvalue weighted by Crippen LogP contribution is -2.60. The molecule has 466 valence electrons. The molecule has 6 aliphatic rings. The van der Waals surface area contributed by atoms with Crippen LogP contribution in [0.15, 0.2) is 79.9 Å². The van der Waals surface area contributed by atoms with Crippen LogP contribution in [0.5, 0.6) is 0 Å². The number of hydrogen-bond acceptors (Lipinski definition) is 18. The van der Waals surface area contributed by atoms with Crippen LogP contribution in [0.4, 0.5) is 27.2 Å². The number of piperazine rings is 2. The summed E-state index contributed by atoms with van der Waals surface area (Å²) in [5, 5.41) is 29.2. The van der Waals surface area contributed by atoms with Crippen molar-refractivity contribution in [1.82, 2.24) is 50.0 Å². The summed E-state index contributed by atoms with van der Waals surface area (Å²) in [6, 6.07) is 1.79. The van der Waals surface area contributed by atoms with Crippen molar-refractivity contribution in [3.05, 3.63) is 124 Å². The fraction of sp³-hybridized carbons (Fsp3) is 0.474. The molecule has 4 saturated heterocycles. The first-order valence-corrected chi connectivity index (χ1v) is 30.0. The van der Waals surface area contributed by atoms with Gasteiger partial charge in [-0.2, -0.15) is 0 Å². The quantitative estimate of drug-likeness (QED) is 0.0456. The Kier molecular flexibility index (Phi) is 18.5. The number of thiazole rings is 2. The van der Waals surface area contributed by atoms with E-state index < -0.39 is 91.2 Å². The summed E-state index contributed by atoms with van der Waals surface area (Å²) < 4.78 is 67.7. The smallest absolute Gasteiger partial charge is 0.338 e. The Bertz CT molecular complexity index is 3540. The van der Waals surface area contributed by atoms with E-state index in [1.165, 1.54) is 41.9 Å². The summed E-state index contributed by atoms with van der Waals surface area (Å²) in [4.78, 5) is 106. The lowest BCUT2D eigenvalue weighted by molar-refractivity contribution is -0.148. The Morgan fingerprint density at radius 2 is 1.07 bits per heavy atom. The molecular formula is C57H64Cl2F4N12O10S2. The van der Waals surface area contributed by atoms with Gasteiger partial charge in [0.05, 0.1) is 56.8 Å². The van der Waals surface area contributed by atoms with Crippen molar-refractivity contribution >= 4 is 93.5 Å². The Morgan fingerprint density at radius 1 is 0.667 bits per heavy atom. The molecule has 87 heavy (non-hydrogen) atoms. The van der Waals surface area contributed by atoms with Gasteiger partial charge < -0.3 is 49.9 Å². The zero-order valence-electron chi connectivity index (χ0n) is 48.7. The van der Waals surface area contributed by atoms with E-state index >= 15 is 0 Å². The number of benzene rings is 2. The molecule has 22 nitrogen and oxygen atoms in total. The highest BCUT2D eigenvalue weighted by Crippen LogP contribution is 2.42. The number of halogens is 6. The largest absolute Gasteiger partial charge is 0.481 e. The Balaban J connectivity index is 0.000000208. The van der Waals surface area contributed by atoms with Gasteiger partial charge in [0.15, 0.2) is 45.0 Å². The molecule has 4 atom stereocenters. The molecule has 2 aromatic carbocycles. The number of carboxylic acid groups (broad SMARTS) is 2. The second-order valence-corrected chi connectivity index (χ2v) is 26.1. The molecule has 0 radical (unpaired) electrons. The number of carbonyl (C=O) groups is 6. The Hall–Kier alpha value is -7.24. The SMILES string of the molecule is CCOC(=O)C1=C(CN2CCN3C(=O)N(CC(C)(C)C(=O)O)C[C@]3(C)C2)NC(c2nccs2)=N[C@H]1c1ccc(F)c(F)c1Cl.COC(=O)C1=C(CN2CCN3C(=O)N(CC(C)(C)C(=O)O)C[C@]3(C)C2)NC(c2nccs2)=N[C@H]1c1ccc(F)c(F)c1Cl. The van der Waals surface area contributed by atoms with Crippen LogP contribution in [-0.2, 0) is 28.7 Å². The van der Waals surface area contributed by atoms with Crippen LogP contribution in [0, 0.1) is 34.1 Å². The summed E-state index contributed by atoms with van der Waals surface area (Å²) in [6.07, 6.45) is 3.19. The average Bonchev–Trinajstić information content (AvgIpc) is 1.80. The van der Waals surface area contributed by atoms with E-state index in [0.29, 0.717) is 85.4 Å². The van der Waals surface area contributed by atoms with Crippen LogP contribution in [0.3, 0.4) is 0 Å². The number of rotatable bonds is 17. The molecule has 4 fully saturated rings. The number of aliphatic imine (C=N–C) groups is 2. The highest BCUT2D eigenvalue weighted by molar-refractivity contribution is 7.12. The molecular weight excluding hydrogens is 1220 g/mol. The third-order valence-electron chi connectivity index (χ3n) is 16.0. The zero-order chi connectivity index (χ0) is 63.2. The molecule has 0 spiro atoms. The highest BCUT2D eigenvalue weighted by Gasteiger charge is 2.53. The number of methoxy groups -OCH3 is 1. The number of esters is 2. The van der Waals surface area contributed by atoms with Gasteiger partial charge in [-0.25, -0.2) is 46.7 Å². The predicted molar refractivity (Wildman–Crippen MR) is 314 cm³/mol. The third-order valence-corrected chi connectivity index (χ3v) is 18.3. The molecule has 30 heteroatoms. The van der Waals surface area contributed by atoms with Gasteiger partial charge in [-0.15, -0.1) is 22.7 Å². The second kappa shape index (κ2) is 25.1. The number of ether oxygens (including phenoxy) is 2. The minimum atomic E-state index is -1.25. The van der Waals surface area contributed by atoms with Gasteiger partial charge in [0.2, 0.25) is 0 Å². The van der Waals surface area contributed by atoms with Gasteiger partial charge >= 0.3 is 35.9 Å². The van der Waals surface area contributed by atoms with Gasteiger partial charge in [-0.1, -0.05) is 35.3 Å². The summed E-state index contributed by atoms with van der Waals surface area (Å²) in [6.45, 7) is 15.7. The van der Waals surface area contributed by atoms with Crippen molar-refractivity contribution in [1.29, 1.82) is 0 Å². The molecule has 8 heterocycles. The molecule has 0 bridgehead atoms. The summed E-state index contributed by atoms with van der Waals surface area (Å²) in [7, 11) is 1.22. The normalized spacial score (nSPS) is 22.7. The number of aromatic nitrogens is 2. The van der Waals surface area contributed by atoms with Crippen LogP contribution in [-0.4, -0.2) is 201 Å². The van der Waals surface area contributed by atoms with E-state index in [9.17, 15) is 56.5 Å². The summed E-state index contributed by atoms with van der Waals surface area (Å²) >= 11 is 15.1. The van der Waals surface area contributed by atoms with Crippen LogP contribution < -0.4 is 10.6 Å². The maximum absolute atomic E-state index is 14.6. The number of hydrogen-bond donors (Lipinski definition) is 4. The molecule has 4 amide bonds. The van der Waals surface area contributed by atoms with Crippen molar-refractivity contribution in [2.75, 3.05) is 92.3 Å². The maximum Gasteiger partial charge on any atom is 0.338 e. The standard InChI is InChI=1S/C29H33ClF2N6O5S.C28H31ClF2N6O5S/c1-5-43-25(39)19-18(12-36-9-10-38-27(42)37(15-29(38,4)14-36)13-28(2,3)26(40)41)34-23(24-33-8-11-44-24)35-22(19)16-6-7-17(31)21(32)20(16)30;1-27(2,25(39)40)12-36-14-28(3)13-35(8-9-37(28)26(36)41)11-17-18(24(38)42-4)21(15-5-6-16(30)20(31)19(15)29)34-22(33-17)23-32-7-10-43-23/h6-8,11,22H,5,9-10,12-15H2,1-4H3,(H,34,35)(H,40,41);5-7,10,21H,8-9,11-14H2,1-4H3,(H,33,34)(H,39,40)/t22-,29-;21-,28-/m00/s1. The van der Waals surface area contributed by atoms with Crippen molar-refractivity contribution in [3.8, 4) is 0 Å². The van der Waals surface area contributed by atoms with Crippen molar-refractivity contribution < 1.29 is 66.0 Å². The molecule has 10 rings (SSSR count). The fourth-order valence-corrected chi connectivity index (χ4v) is 13.4. The Labute approximate surface area is 516 Å². The first-order valence-electron chi connectivity index (χ1n) is 27.5. The van der Waals surface area contributed by atoms with Crippen molar-refractivity contribution in [3.63, 3.8) is 0 Å². The van der Waals surface area contributed by atoms with E-state index in [1.54, 1.807) is 77.4 Å². The predicted octanol–water partition coefficient (Wildman–Crippen LogP) is 7.42. The molecule has 0 unspecified atom stereocenters. The molecule has 2 aromatic heterocycles. The number of nitrogens with zero attached hydrogens (tertiary/aromatic N) is 10. The van der Waals surface area contributed by atoms with Gasteiger partial charge in [0.1, 0.15) is 12.1 Å². The van der Waals surface area contributed by atoms with Crippen LogP contribution in [0.1, 0.15) is 81.7 Å². The van der Waals surface area contributed by atoms with Crippen molar-refractivity contribution in [2.24, 2.45) is 20.8 Å². The number of aliphatic carboxylic acids is 2. The fourth-order valence-electron chi connectivity index (χ4n) is 11.7. The number of carbonyl (C=O) groups excluding carboxylic acids is 4. The highest BCUT2D eigenvalue weighted by atomic mass is 35.5. The molecule has 6 aliphatic heterocycles. The number of nitrogens with one attached hydrogen (secondary N) is 2. The molecule has 4 N–H and O–H groups in total. The number of urea groups is 2. The van der Waals surface area contributed by atoms with Gasteiger partial charge in [-0.3, -0.25) is 29.4 Å². The number of fused-ring (bicyclic) bond motifs is 2. The lowest BCUT2D eigenvalue weighted by Gasteiger charge is -2.44. The van der Waals surface area contributed by atoms with Crippen LogP contribution >= 0.6 is 45.9 Å². The lowest BCUT2D eigenvalue weighted by atomic mass is 9.92. The minimum Gasteiger partial charge on any atom is -0.481 e. The summed E-state index contributed by atoms with van der Waals surface area (Å²) in [5.41, 5.74) is -2.28. The molecule has 0 saturated carbocycles. The third kappa shape index (κ3) is 12.9. The zero-order valence-corrected chi connectivity index (χ0v) is 51.8. The van der Waals surface area contributed by atoms with E-state index in [1.807, 2.05) is 13.8 Å². The Morgan fingerprint density at radius 3 is 1.43 bits per heavy atom. The van der Waals surface area contributed by atoms with Crippen LogP contribution in [0.2, 0.25) is 10.0 Å². The average molecular weight is 1290 g/mol. The van der Waals surface area contributed by atoms with E-state index in [0.717, 1.165) is 12.1 Å². The van der Waals surface area contributed by atoms with E-state index in [2.05, 4.69) is 40.4 Å².